The Hall–Kier alpha value is -1.88. The van der Waals surface area contributed by atoms with Crippen molar-refractivity contribution in [2.24, 2.45) is 0 Å². The normalized spacial score (nSPS) is 18.3. The van der Waals surface area contributed by atoms with Gasteiger partial charge in [0, 0.05) is 20.6 Å². The molecule has 1 aliphatic heterocycles. The Morgan fingerprint density at radius 3 is 2.83 bits per heavy atom. The first-order chi connectivity index (χ1) is 11.7. The minimum atomic E-state index is 0.109. The Morgan fingerprint density at radius 1 is 1.21 bits per heavy atom. The van der Waals surface area contributed by atoms with Crippen LogP contribution in [-0.2, 0) is 11.3 Å². The lowest BCUT2D eigenvalue weighted by molar-refractivity contribution is -0.133. The van der Waals surface area contributed by atoms with E-state index in [1.165, 1.54) is 11.9 Å². The first-order valence-electron chi connectivity index (χ1n) is 9.02. The van der Waals surface area contributed by atoms with E-state index in [9.17, 15) is 4.79 Å². The van der Waals surface area contributed by atoms with Gasteiger partial charge in [0.1, 0.15) is 0 Å². The van der Waals surface area contributed by atoms with Gasteiger partial charge in [-0.3, -0.25) is 9.69 Å². The Balaban J connectivity index is 1.42. The standard InChI is InChI=1S/C19H28N4O/c1-21(2)19(24)18-11-8-14-22(18)12-6-3-7-13-23-15-20-16-9-4-5-10-17(16)23/h4-5,9-10,15,18H,3,6-8,11-14H2,1-2H3/t18-/m1/s1. The van der Waals surface area contributed by atoms with E-state index in [-0.39, 0.29) is 11.9 Å². The number of carbonyl (C=O) groups excluding carboxylic acids is 1. The summed E-state index contributed by atoms with van der Waals surface area (Å²) in [6.45, 7) is 3.12. The fourth-order valence-electron chi connectivity index (χ4n) is 3.63. The maximum atomic E-state index is 12.2. The molecule has 0 unspecified atom stereocenters. The molecule has 5 heteroatoms. The number of hydrogen-bond acceptors (Lipinski definition) is 3. The van der Waals surface area contributed by atoms with Crippen LogP contribution < -0.4 is 0 Å². The van der Waals surface area contributed by atoms with Crippen molar-refractivity contribution in [1.29, 1.82) is 0 Å². The number of likely N-dealkylation sites (N-methyl/N-ethyl adjacent to an activating group) is 1. The molecule has 1 aromatic heterocycles. The molecule has 1 fully saturated rings. The number of aromatic nitrogens is 2. The van der Waals surface area contributed by atoms with Gasteiger partial charge < -0.3 is 9.47 Å². The lowest BCUT2D eigenvalue weighted by atomic mass is 10.1. The van der Waals surface area contributed by atoms with E-state index in [4.69, 9.17) is 0 Å². The second-order valence-corrected chi connectivity index (χ2v) is 6.91. The van der Waals surface area contributed by atoms with Gasteiger partial charge in [-0.1, -0.05) is 18.6 Å². The average Bonchev–Trinajstić information content (AvgIpc) is 3.21. The minimum Gasteiger partial charge on any atom is -0.347 e. The molecule has 1 saturated heterocycles. The number of benzene rings is 1. The molecule has 3 rings (SSSR count). The molecular weight excluding hydrogens is 300 g/mol. The number of hydrogen-bond donors (Lipinski definition) is 0. The van der Waals surface area contributed by atoms with Crippen LogP contribution in [0.1, 0.15) is 32.1 Å². The second-order valence-electron chi connectivity index (χ2n) is 6.91. The van der Waals surface area contributed by atoms with Crippen molar-refractivity contribution in [2.75, 3.05) is 27.2 Å². The van der Waals surface area contributed by atoms with Crippen LogP contribution in [0.3, 0.4) is 0 Å². The topological polar surface area (TPSA) is 41.4 Å². The molecule has 2 heterocycles. The van der Waals surface area contributed by atoms with Crippen LogP contribution in [0.2, 0.25) is 0 Å². The van der Waals surface area contributed by atoms with E-state index in [0.717, 1.165) is 50.8 Å². The summed E-state index contributed by atoms with van der Waals surface area (Å²) in [5.74, 6) is 0.261. The molecule has 0 spiro atoms. The lowest BCUT2D eigenvalue weighted by Crippen LogP contribution is -2.42. The van der Waals surface area contributed by atoms with E-state index in [1.54, 1.807) is 4.90 Å². The van der Waals surface area contributed by atoms with Crippen molar-refractivity contribution in [1.82, 2.24) is 19.4 Å². The van der Waals surface area contributed by atoms with Crippen molar-refractivity contribution in [3.05, 3.63) is 30.6 Å². The fraction of sp³-hybridized carbons (Fsp3) is 0.579. The van der Waals surface area contributed by atoms with Crippen LogP contribution in [0.15, 0.2) is 30.6 Å². The van der Waals surface area contributed by atoms with Gasteiger partial charge >= 0.3 is 0 Å². The first kappa shape index (κ1) is 17.0. The van der Waals surface area contributed by atoms with Crippen LogP contribution in [-0.4, -0.2) is 58.5 Å². The molecule has 130 valence electrons. The van der Waals surface area contributed by atoms with Crippen LogP contribution in [0, 0.1) is 0 Å². The third-order valence-electron chi connectivity index (χ3n) is 4.96. The number of likely N-dealkylation sites (tertiary alicyclic amines) is 1. The summed E-state index contributed by atoms with van der Waals surface area (Å²) in [5, 5.41) is 0. The number of unbranched alkanes of at least 4 members (excludes halogenated alkanes) is 2. The molecule has 0 radical (unpaired) electrons. The number of carbonyl (C=O) groups is 1. The summed E-state index contributed by atoms with van der Waals surface area (Å²) in [6.07, 6.45) is 7.59. The van der Waals surface area contributed by atoms with Gasteiger partial charge in [0.05, 0.1) is 23.4 Å². The zero-order valence-electron chi connectivity index (χ0n) is 14.8. The van der Waals surface area contributed by atoms with Crippen LogP contribution >= 0.6 is 0 Å². The smallest absolute Gasteiger partial charge is 0.239 e. The molecule has 5 nitrogen and oxygen atoms in total. The fourth-order valence-corrected chi connectivity index (χ4v) is 3.63. The number of imidazole rings is 1. The molecule has 0 bridgehead atoms. The number of nitrogens with zero attached hydrogens (tertiary/aromatic N) is 4. The van der Waals surface area contributed by atoms with Crippen LogP contribution in [0.5, 0.6) is 0 Å². The predicted octanol–water partition coefficient (Wildman–Crippen LogP) is 2.76. The molecule has 24 heavy (non-hydrogen) atoms. The maximum absolute atomic E-state index is 12.2. The number of amides is 1. The van der Waals surface area contributed by atoms with Crippen molar-refractivity contribution >= 4 is 16.9 Å². The number of aryl methyl sites for hydroxylation is 1. The highest BCUT2D eigenvalue weighted by Crippen LogP contribution is 2.20. The van der Waals surface area contributed by atoms with Crippen molar-refractivity contribution in [3.63, 3.8) is 0 Å². The van der Waals surface area contributed by atoms with Crippen molar-refractivity contribution in [2.45, 2.75) is 44.7 Å². The minimum absolute atomic E-state index is 0.109. The van der Waals surface area contributed by atoms with E-state index < -0.39 is 0 Å². The number of fused-ring (bicyclic) bond motifs is 1. The van der Waals surface area contributed by atoms with Gasteiger partial charge in [-0.15, -0.1) is 0 Å². The third kappa shape index (κ3) is 3.78. The summed E-state index contributed by atoms with van der Waals surface area (Å²) in [7, 11) is 3.71. The lowest BCUT2D eigenvalue weighted by Gasteiger charge is -2.26. The Bertz CT molecular complexity index is 679. The molecule has 0 aliphatic carbocycles. The van der Waals surface area contributed by atoms with E-state index in [0.29, 0.717) is 0 Å². The zero-order chi connectivity index (χ0) is 16.9. The van der Waals surface area contributed by atoms with Gasteiger partial charge in [0.15, 0.2) is 0 Å². The van der Waals surface area contributed by atoms with Crippen molar-refractivity contribution < 1.29 is 4.79 Å². The van der Waals surface area contributed by atoms with E-state index in [2.05, 4.69) is 32.7 Å². The quantitative estimate of drug-likeness (QED) is 0.734. The average molecular weight is 328 g/mol. The molecule has 1 atom stereocenters. The van der Waals surface area contributed by atoms with Gasteiger partial charge in [-0.2, -0.15) is 0 Å². The largest absolute Gasteiger partial charge is 0.347 e. The molecule has 0 N–H and O–H groups in total. The maximum Gasteiger partial charge on any atom is 0.239 e. The van der Waals surface area contributed by atoms with Crippen LogP contribution in [0.25, 0.3) is 11.0 Å². The SMILES string of the molecule is CN(C)C(=O)[C@H]1CCCN1CCCCCn1cnc2ccccc21. The van der Waals surface area contributed by atoms with Crippen molar-refractivity contribution in [3.8, 4) is 0 Å². The van der Waals surface area contributed by atoms with Gasteiger partial charge in [-0.05, 0) is 50.9 Å². The highest BCUT2D eigenvalue weighted by molar-refractivity contribution is 5.81. The van der Waals surface area contributed by atoms with E-state index >= 15 is 0 Å². The van der Waals surface area contributed by atoms with Crippen LogP contribution in [0.4, 0.5) is 0 Å². The second kappa shape index (κ2) is 7.79. The number of rotatable bonds is 7. The summed E-state index contributed by atoms with van der Waals surface area (Å²) in [5.41, 5.74) is 2.29. The van der Waals surface area contributed by atoms with Gasteiger partial charge in [0.2, 0.25) is 5.91 Å². The Labute approximate surface area is 144 Å². The molecule has 1 amide bonds. The Morgan fingerprint density at radius 2 is 2.00 bits per heavy atom. The monoisotopic (exact) mass is 328 g/mol. The number of para-hydroxylation sites is 2. The molecule has 2 aromatic rings. The highest BCUT2D eigenvalue weighted by atomic mass is 16.2. The Kier molecular flexibility index (Phi) is 5.51. The predicted molar refractivity (Wildman–Crippen MR) is 96.9 cm³/mol. The molecule has 1 aliphatic rings. The molecule has 0 saturated carbocycles. The third-order valence-corrected chi connectivity index (χ3v) is 4.96. The highest BCUT2D eigenvalue weighted by Gasteiger charge is 2.30. The summed E-state index contributed by atoms with van der Waals surface area (Å²) < 4.78 is 2.24. The summed E-state index contributed by atoms with van der Waals surface area (Å²) >= 11 is 0. The molecular formula is C19H28N4O. The summed E-state index contributed by atoms with van der Waals surface area (Å²) in [6, 6.07) is 8.39. The van der Waals surface area contributed by atoms with Gasteiger partial charge in [-0.25, -0.2) is 4.98 Å². The summed E-state index contributed by atoms with van der Waals surface area (Å²) in [4.78, 5) is 20.7. The van der Waals surface area contributed by atoms with E-state index in [1.807, 2.05) is 26.5 Å². The molecule has 1 aromatic carbocycles. The van der Waals surface area contributed by atoms with Gasteiger partial charge in [0.25, 0.3) is 0 Å². The zero-order valence-corrected chi connectivity index (χ0v) is 14.8. The first-order valence-corrected chi connectivity index (χ1v) is 9.02.